The van der Waals surface area contributed by atoms with Gasteiger partial charge in [-0.3, -0.25) is 0 Å². The molecule has 116 valence electrons. The predicted molar refractivity (Wildman–Crippen MR) is 83.5 cm³/mol. The molecule has 0 aliphatic heterocycles. The normalized spacial score (nSPS) is 17.0. The van der Waals surface area contributed by atoms with Crippen LogP contribution in [0.4, 0.5) is 0 Å². The molecule has 0 fully saturated rings. The number of carbonyl (C=O) groups is 1. The van der Waals surface area contributed by atoms with Crippen molar-refractivity contribution < 1.29 is 14.6 Å². The Morgan fingerprint density at radius 3 is 2.65 bits per heavy atom. The van der Waals surface area contributed by atoms with Gasteiger partial charge in [-0.1, -0.05) is 38.8 Å². The van der Waals surface area contributed by atoms with Crippen molar-refractivity contribution in [3.05, 3.63) is 23.8 Å². The molecule has 1 N–H and O–H groups in total. The average Bonchev–Trinajstić information content (AvgIpc) is 2.38. The second-order valence-corrected chi connectivity index (χ2v) is 5.90. The maximum atomic E-state index is 11.0. The van der Waals surface area contributed by atoms with Gasteiger partial charge in [0.25, 0.3) is 0 Å². The van der Waals surface area contributed by atoms with E-state index in [-0.39, 0.29) is 5.97 Å². The van der Waals surface area contributed by atoms with E-state index in [1.54, 1.807) is 0 Å². The molecule has 0 heterocycles. The quantitative estimate of drug-likeness (QED) is 0.395. The molecule has 0 aromatic rings. The summed E-state index contributed by atoms with van der Waals surface area (Å²) < 4.78 is 4.57. The molecule has 0 spiro atoms. The molecule has 3 nitrogen and oxygen atoms in total. The molecule has 0 rings (SSSR count). The van der Waals surface area contributed by atoms with Crippen LogP contribution in [0.3, 0.4) is 0 Å². The number of esters is 1. The third-order valence-electron chi connectivity index (χ3n) is 3.64. The Labute approximate surface area is 123 Å². The summed E-state index contributed by atoms with van der Waals surface area (Å²) in [6, 6.07) is 0. The lowest BCUT2D eigenvalue weighted by atomic mass is 9.92. The molecule has 2 atom stereocenters. The van der Waals surface area contributed by atoms with E-state index in [1.807, 2.05) is 26.8 Å². The van der Waals surface area contributed by atoms with Crippen LogP contribution in [0.2, 0.25) is 0 Å². The first-order valence-electron chi connectivity index (χ1n) is 7.46. The van der Waals surface area contributed by atoms with E-state index in [0.717, 1.165) is 37.7 Å². The van der Waals surface area contributed by atoms with Crippen LogP contribution in [0.25, 0.3) is 0 Å². The van der Waals surface area contributed by atoms with Crippen molar-refractivity contribution in [3.8, 4) is 0 Å². The van der Waals surface area contributed by atoms with Crippen molar-refractivity contribution >= 4 is 5.97 Å². The van der Waals surface area contributed by atoms with Crippen molar-refractivity contribution in [2.75, 3.05) is 7.11 Å². The summed E-state index contributed by atoms with van der Waals surface area (Å²) >= 11 is 0. The van der Waals surface area contributed by atoms with Crippen LogP contribution in [-0.4, -0.2) is 23.8 Å². The third kappa shape index (κ3) is 9.79. The molecule has 0 aliphatic rings. The molecule has 0 aliphatic carbocycles. The van der Waals surface area contributed by atoms with Crippen LogP contribution >= 0.6 is 0 Å². The molecule has 0 radical (unpaired) electrons. The Kier molecular flexibility index (Phi) is 9.23. The van der Waals surface area contributed by atoms with Crippen LogP contribution < -0.4 is 0 Å². The van der Waals surface area contributed by atoms with Gasteiger partial charge < -0.3 is 9.84 Å². The summed E-state index contributed by atoms with van der Waals surface area (Å²) in [5, 5.41) is 9.93. The highest BCUT2D eigenvalue weighted by molar-refractivity contribution is 5.83. The molecule has 3 heteroatoms. The largest absolute Gasteiger partial charge is 0.466 e. The highest BCUT2D eigenvalue weighted by atomic mass is 16.5. The van der Waals surface area contributed by atoms with Crippen LogP contribution in [0.5, 0.6) is 0 Å². The van der Waals surface area contributed by atoms with Gasteiger partial charge in [0.2, 0.25) is 0 Å². The molecule has 0 aromatic carbocycles. The Hall–Kier alpha value is -1.09. The van der Waals surface area contributed by atoms with Gasteiger partial charge in [-0.05, 0) is 44.6 Å². The fourth-order valence-corrected chi connectivity index (χ4v) is 1.91. The summed E-state index contributed by atoms with van der Waals surface area (Å²) in [5.41, 5.74) is 0.382. The molecule has 0 amide bonds. The fraction of sp³-hybridized carbons (Fsp3) is 0.706. The molecule has 0 bridgehead atoms. The fourth-order valence-electron chi connectivity index (χ4n) is 1.91. The van der Waals surface area contributed by atoms with E-state index >= 15 is 0 Å². The number of methoxy groups -OCH3 is 1. The second kappa shape index (κ2) is 9.76. The standard InChI is InChI=1S/C17H30O3/c1-6-17(4,19)12-8-11-14(2)9-7-10-15(3)13-16(18)20-5/h7,10,13-14,19H,6,8-9,11-12H2,1-5H3. The number of rotatable bonds is 9. The van der Waals surface area contributed by atoms with Crippen LogP contribution in [0, 0.1) is 5.92 Å². The first kappa shape index (κ1) is 18.9. The molecular weight excluding hydrogens is 252 g/mol. The van der Waals surface area contributed by atoms with E-state index in [0.29, 0.717) is 5.92 Å². The molecule has 0 saturated heterocycles. The molecule has 0 saturated carbocycles. The van der Waals surface area contributed by atoms with Crippen molar-refractivity contribution in [3.63, 3.8) is 0 Å². The van der Waals surface area contributed by atoms with Gasteiger partial charge in [0.1, 0.15) is 0 Å². The Bertz CT molecular complexity index is 340. The maximum absolute atomic E-state index is 11.0. The van der Waals surface area contributed by atoms with E-state index in [4.69, 9.17) is 0 Å². The summed E-state index contributed by atoms with van der Waals surface area (Å²) in [6.45, 7) is 8.02. The predicted octanol–water partition coefficient (Wildman–Crippen LogP) is 4.02. The lowest BCUT2D eigenvalue weighted by Crippen LogP contribution is -2.22. The minimum absolute atomic E-state index is 0.318. The van der Waals surface area contributed by atoms with Crippen LogP contribution in [-0.2, 0) is 9.53 Å². The van der Waals surface area contributed by atoms with Gasteiger partial charge in [0.05, 0.1) is 12.7 Å². The highest BCUT2D eigenvalue weighted by Gasteiger charge is 2.16. The topological polar surface area (TPSA) is 46.5 Å². The lowest BCUT2D eigenvalue weighted by Gasteiger charge is -2.21. The van der Waals surface area contributed by atoms with Gasteiger partial charge in [-0.2, -0.15) is 0 Å². The lowest BCUT2D eigenvalue weighted by molar-refractivity contribution is -0.134. The van der Waals surface area contributed by atoms with E-state index < -0.39 is 5.60 Å². The summed E-state index contributed by atoms with van der Waals surface area (Å²) in [7, 11) is 1.38. The van der Waals surface area contributed by atoms with Gasteiger partial charge in [0, 0.05) is 6.08 Å². The molecule has 2 unspecified atom stereocenters. The van der Waals surface area contributed by atoms with Crippen molar-refractivity contribution in [1.82, 2.24) is 0 Å². The number of ether oxygens (including phenoxy) is 1. The molecule has 20 heavy (non-hydrogen) atoms. The molecule has 0 aromatic heterocycles. The Morgan fingerprint density at radius 1 is 1.45 bits per heavy atom. The van der Waals surface area contributed by atoms with Crippen molar-refractivity contribution in [2.45, 2.75) is 65.4 Å². The third-order valence-corrected chi connectivity index (χ3v) is 3.64. The van der Waals surface area contributed by atoms with Crippen molar-refractivity contribution in [2.24, 2.45) is 5.92 Å². The number of carbonyl (C=O) groups excluding carboxylic acids is 1. The average molecular weight is 282 g/mol. The van der Waals surface area contributed by atoms with E-state index in [1.165, 1.54) is 13.2 Å². The summed E-state index contributed by atoms with van der Waals surface area (Å²) in [5.74, 6) is 0.270. The number of allylic oxidation sites excluding steroid dienone is 3. The Balaban J connectivity index is 3.96. The van der Waals surface area contributed by atoms with Crippen LogP contribution in [0.15, 0.2) is 23.8 Å². The minimum Gasteiger partial charge on any atom is -0.466 e. The SMILES string of the molecule is CCC(C)(O)CCCC(C)CC=CC(C)=CC(=O)OC. The first-order chi connectivity index (χ1) is 9.30. The number of hydrogen-bond acceptors (Lipinski definition) is 3. The zero-order valence-electron chi connectivity index (χ0n) is 13.6. The molecular formula is C17H30O3. The van der Waals surface area contributed by atoms with E-state index in [2.05, 4.69) is 17.7 Å². The Morgan fingerprint density at radius 2 is 2.10 bits per heavy atom. The van der Waals surface area contributed by atoms with Gasteiger partial charge >= 0.3 is 5.97 Å². The van der Waals surface area contributed by atoms with E-state index in [9.17, 15) is 9.90 Å². The van der Waals surface area contributed by atoms with Gasteiger partial charge in [0.15, 0.2) is 0 Å². The zero-order chi connectivity index (χ0) is 15.6. The smallest absolute Gasteiger partial charge is 0.330 e. The van der Waals surface area contributed by atoms with Crippen molar-refractivity contribution in [1.29, 1.82) is 0 Å². The first-order valence-corrected chi connectivity index (χ1v) is 7.46. The maximum Gasteiger partial charge on any atom is 0.330 e. The monoisotopic (exact) mass is 282 g/mol. The van der Waals surface area contributed by atoms with Crippen LogP contribution in [0.1, 0.15) is 59.8 Å². The zero-order valence-corrected chi connectivity index (χ0v) is 13.6. The minimum atomic E-state index is -0.518. The van der Waals surface area contributed by atoms with Gasteiger partial charge in [-0.15, -0.1) is 0 Å². The summed E-state index contributed by atoms with van der Waals surface area (Å²) in [6.07, 6.45) is 10.3. The number of hydrogen-bond donors (Lipinski definition) is 1. The number of aliphatic hydroxyl groups is 1. The summed E-state index contributed by atoms with van der Waals surface area (Å²) in [4.78, 5) is 11.0. The van der Waals surface area contributed by atoms with Gasteiger partial charge in [-0.25, -0.2) is 4.79 Å². The second-order valence-electron chi connectivity index (χ2n) is 5.90. The highest BCUT2D eigenvalue weighted by Crippen LogP contribution is 2.20.